The van der Waals surface area contributed by atoms with E-state index in [0.29, 0.717) is 11.5 Å². The van der Waals surface area contributed by atoms with E-state index in [1.54, 1.807) is 25.4 Å². The van der Waals surface area contributed by atoms with Crippen LogP contribution in [0.2, 0.25) is 5.02 Å². The van der Waals surface area contributed by atoms with E-state index in [2.05, 4.69) is 20.1 Å². The molecule has 3 aromatic rings. The lowest BCUT2D eigenvalue weighted by atomic mass is 10.2. The van der Waals surface area contributed by atoms with Gasteiger partial charge in [0.25, 0.3) is 11.5 Å². The van der Waals surface area contributed by atoms with E-state index in [1.807, 2.05) is 6.07 Å². The van der Waals surface area contributed by atoms with Crippen LogP contribution in [0.4, 0.5) is 0 Å². The molecule has 0 aliphatic heterocycles. The summed E-state index contributed by atoms with van der Waals surface area (Å²) in [6, 6.07) is 6.67. The molecule has 0 saturated heterocycles. The summed E-state index contributed by atoms with van der Waals surface area (Å²) in [4.78, 5) is 35.7. The first-order chi connectivity index (χ1) is 11.5. The molecule has 0 aliphatic rings. The number of hydrogen-bond donors (Lipinski definition) is 1. The van der Waals surface area contributed by atoms with E-state index in [1.165, 1.54) is 17.2 Å². The quantitative estimate of drug-likeness (QED) is 0.772. The molecule has 3 rings (SSSR count). The summed E-state index contributed by atoms with van der Waals surface area (Å²) >= 11 is 5.73. The highest BCUT2D eigenvalue weighted by Crippen LogP contribution is 2.14. The van der Waals surface area contributed by atoms with Gasteiger partial charge in [-0.05, 0) is 18.2 Å². The molecular formula is C15H12ClN5O3. The van der Waals surface area contributed by atoms with Crippen molar-refractivity contribution in [1.82, 2.24) is 25.0 Å². The lowest BCUT2D eigenvalue weighted by molar-refractivity contribution is 0.0769. The third kappa shape index (κ3) is 3.33. The molecule has 24 heavy (non-hydrogen) atoms. The van der Waals surface area contributed by atoms with Gasteiger partial charge >= 0.3 is 0 Å². The van der Waals surface area contributed by atoms with E-state index < -0.39 is 5.56 Å². The average molecular weight is 346 g/mol. The summed E-state index contributed by atoms with van der Waals surface area (Å²) in [5.41, 5.74) is 0.383. The number of amides is 1. The Balaban J connectivity index is 1.74. The highest BCUT2D eigenvalue weighted by atomic mass is 35.5. The van der Waals surface area contributed by atoms with Crippen molar-refractivity contribution in [3.63, 3.8) is 0 Å². The molecule has 8 nitrogen and oxygen atoms in total. The second-order valence-electron chi connectivity index (χ2n) is 4.95. The van der Waals surface area contributed by atoms with Crippen molar-refractivity contribution in [2.75, 3.05) is 7.05 Å². The predicted octanol–water partition coefficient (Wildman–Crippen LogP) is 1.75. The molecule has 0 aromatic carbocycles. The Morgan fingerprint density at radius 2 is 2.25 bits per heavy atom. The Morgan fingerprint density at radius 1 is 1.42 bits per heavy atom. The minimum atomic E-state index is -0.451. The zero-order valence-corrected chi connectivity index (χ0v) is 13.3. The minimum absolute atomic E-state index is 0.0514. The van der Waals surface area contributed by atoms with E-state index >= 15 is 0 Å². The van der Waals surface area contributed by atoms with Crippen LogP contribution < -0.4 is 5.56 Å². The van der Waals surface area contributed by atoms with Gasteiger partial charge in [0.05, 0.1) is 12.1 Å². The molecule has 0 atom stereocenters. The summed E-state index contributed by atoms with van der Waals surface area (Å²) in [6.45, 7) is 0.107. The topological polar surface area (TPSA) is 105 Å². The zero-order valence-electron chi connectivity index (χ0n) is 12.6. The highest BCUT2D eigenvalue weighted by Gasteiger charge is 2.17. The summed E-state index contributed by atoms with van der Waals surface area (Å²) < 4.78 is 5.14. The van der Waals surface area contributed by atoms with E-state index in [-0.39, 0.29) is 28.9 Å². The van der Waals surface area contributed by atoms with E-state index in [0.717, 1.165) is 0 Å². The molecule has 1 amide bonds. The van der Waals surface area contributed by atoms with Crippen molar-refractivity contribution in [2.24, 2.45) is 0 Å². The van der Waals surface area contributed by atoms with Gasteiger partial charge < -0.3 is 14.4 Å². The summed E-state index contributed by atoms with van der Waals surface area (Å²) in [5.74, 6) is 0.270. The Hall–Kier alpha value is -3.00. The Kier molecular flexibility index (Phi) is 4.39. The number of aromatic amines is 1. The molecule has 0 radical (unpaired) electrons. The van der Waals surface area contributed by atoms with E-state index in [9.17, 15) is 9.59 Å². The van der Waals surface area contributed by atoms with Gasteiger partial charge in [0, 0.05) is 19.4 Å². The fourth-order valence-electron chi connectivity index (χ4n) is 1.99. The van der Waals surface area contributed by atoms with Gasteiger partial charge in [-0.15, -0.1) is 0 Å². The number of H-pyrrole nitrogens is 1. The van der Waals surface area contributed by atoms with E-state index in [4.69, 9.17) is 16.1 Å². The standard InChI is InChI=1S/C15H12ClN5O3/c1-21(15(23)9-6-10(16)14(22)18-7-9)8-12-19-13(20-24-12)11-4-2-3-5-17-11/h2-7H,8H2,1H3,(H,18,22). The number of hydrogen-bond acceptors (Lipinski definition) is 6. The molecule has 0 bridgehead atoms. The van der Waals surface area contributed by atoms with Crippen molar-refractivity contribution < 1.29 is 9.32 Å². The number of nitrogens with zero attached hydrogens (tertiary/aromatic N) is 4. The minimum Gasteiger partial charge on any atom is -0.337 e. The predicted molar refractivity (Wildman–Crippen MR) is 85.4 cm³/mol. The van der Waals surface area contributed by atoms with Gasteiger partial charge in [0.2, 0.25) is 11.7 Å². The second-order valence-corrected chi connectivity index (χ2v) is 5.36. The normalized spacial score (nSPS) is 10.6. The molecule has 0 unspecified atom stereocenters. The lowest BCUT2D eigenvalue weighted by Gasteiger charge is -2.14. The molecule has 0 saturated carbocycles. The zero-order chi connectivity index (χ0) is 17.1. The number of halogens is 1. The first-order valence-electron chi connectivity index (χ1n) is 6.92. The van der Waals surface area contributed by atoms with Crippen molar-refractivity contribution in [1.29, 1.82) is 0 Å². The molecule has 1 N–H and O–H groups in total. The van der Waals surface area contributed by atoms with Crippen LogP contribution in [0.1, 0.15) is 16.2 Å². The van der Waals surface area contributed by atoms with Crippen LogP contribution >= 0.6 is 11.6 Å². The van der Waals surface area contributed by atoms with Crippen molar-refractivity contribution in [3.05, 3.63) is 63.5 Å². The Labute approximate surface area is 141 Å². The summed E-state index contributed by atoms with van der Waals surface area (Å²) in [7, 11) is 1.58. The summed E-state index contributed by atoms with van der Waals surface area (Å²) in [5, 5.41) is 3.79. The third-order valence-corrected chi connectivity index (χ3v) is 3.47. The molecule has 3 heterocycles. The maximum absolute atomic E-state index is 12.3. The first kappa shape index (κ1) is 15.9. The van der Waals surface area contributed by atoms with Crippen molar-refractivity contribution in [3.8, 4) is 11.5 Å². The van der Waals surface area contributed by atoms with Crippen LogP contribution in [-0.2, 0) is 6.54 Å². The monoisotopic (exact) mass is 345 g/mol. The van der Waals surface area contributed by atoms with Crippen LogP contribution in [0.3, 0.4) is 0 Å². The number of pyridine rings is 2. The smallest absolute Gasteiger partial charge is 0.266 e. The molecule has 122 valence electrons. The Morgan fingerprint density at radius 3 is 2.96 bits per heavy atom. The molecular weight excluding hydrogens is 334 g/mol. The Bertz CT molecular complexity index is 922. The highest BCUT2D eigenvalue weighted by molar-refractivity contribution is 6.30. The SMILES string of the molecule is CN(Cc1nc(-c2ccccn2)no1)C(=O)c1c[nH]c(=O)c(Cl)c1. The van der Waals surface area contributed by atoms with Crippen molar-refractivity contribution in [2.45, 2.75) is 6.54 Å². The van der Waals surface area contributed by atoms with Crippen LogP contribution in [0.5, 0.6) is 0 Å². The average Bonchev–Trinajstić information content (AvgIpc) is 3.06. The fraction of sp³-hybridized carbons (Fsp3) is 0.133. The van der Waals surface area contributed by atoms with Gasteiger partial charge in [-0.2, -0.15) is 4.98 Å². The van der Waals surface area contributed by atoms with Crippen LogP contribution in [0, 0.1) is 0 Å². The van der Waals surface area contributed by atoms with Gasteiger partial charge in [0.1, 0.15) is 10.7 Å². The van der Waals surface area contributed by atoms with Crippen LogP contribution in [-0.4, -0.2) is 38.0 Å². The molecule has 0 aliphatic carbocycles. The fourth-order valence-corrected chi connectivity index (χ4v) is 2.16. The molecule has 0 fully saturated rings. The van der Waals surface area contributed by atoms with Crippen LogP contribution in [0.15, 0.2) is 46.0 Å². The number of carbonyl (C=O) groups excluding carboxylic acids is 1. The number of nitrogens with one attached hydrogen (secondary N) is 1. The lowest BCUT2D eigenvalue weighted by Crippen LogP contribution is -2.27. The molecule has 0 spiro atoms. The largest absolute Gasteiger partial charge is 0.337 e. The number of aromatic nitrogens is 4. The second kappa shape index (κ2) is 6.63. The number of carbonyl (C=O) groups is 1. The van der Waals surface area contributed by atoms with Gasteiger partial charge in [-0.3, -0.25) is 14.6 Å². The van der Waals surface area contributed by atoms with Gasteiger partial charge in [0.15, 0.2) is 0 Å². The van der Waals surface area contributed by atoms with Gasteiger partial charge in [-0.1, -0.05) is 22.8 Å². The number of rotatable bonds is 4. The maximum Gasteiger partial charge on any atom is 0.266 e. The first-order valence-corrected chi connectivity index (χ1v) is 7.30. The third-order valence-electron chi connectivity index (χ3n) is 3.19. The maximum atomic E-state index is 12.3. The van der Waals surface area contributed by atoms with Gasteiger partial charge in [-0.25, -0.2) is 0 Å². The molecule has 9 heteroatoms. The van der Waals surface area contributed by atoms with Crippen molar-refractivity contribution >= 4 is 17.5 Å². The van der Waals surface area contributed by atoms with Crippen LogP contribution in [0.25, 0.3) is 11.5 Å². The summed E-state index contributed by atoms with van der Waals surface area (Å²) in [6.07, 6.45) is 2.93. The molecule has 3 aromatic heterocycles.